The summed E-state index contributed by atoms with van der Waals surface area (Å²) in [6.45, 7) is 1.01. The van der Waals surface area contributed by atoms with Crippen LogP contribution in [0.15, 0.2) is 24.3 Å². The number of nitrogens with one attached hydrogen (secondary N) is 2. The molecule has 1 aliphatic rings. The second-order valence-corrected chi connectivity index (χ2v) is 4.31. The first-order chi connectivity index (χ1) is 7.38. The van der Waals surface area contributed by atoms with Crippen LogP contribution in [-0.4, -0.2) is 13.1 Å². The van der Waals surface area contributed by atoms with Crippen LogP contribution in [0.3, 0.4) is 0 Å². The van der Waals surface area contributed by atoms with Crippen molar-refractivity contribution in [1.82, 2.24) is 5.32 Å². The normalized spacial score (nSPS) is 16.9. The Hall–Kier alpha value is -1.02. The lowest BCUT2D eigenvalue weighted by Crippen LogP contribution is -2.25. The number of anilines is 1. The van der Waals surface area contributed by atoms with Crippen LogP contribution >= 0.6 is 0 Å². The molecule has 2 heteroatoms. The Morgan fingerprint density at radius 2 is 1.80 bits per heavy atom. The minimum Gasteiger partial charge on any atom is -0.388 e. The highest BCUT2D eigenvalue weighted by Crippen LogP contribution is 2.18. The Morgan fingerprint density at radius 3 is 2.40 bits per heavy atom. The van der Waals surface area contributed by atoms with E-state index in [0.717, 1.165) is 12.6 Å². The molecule has 2 N–H and O–H groups in total. The Kier molecular flexibility index (Phi) is 3.62. The third kappa shape index (κ3) is 2.96. The smallest absolute Gasteiger partial charge is 0.0337 e. The van der Waals surface area contributed by atoms with Crippen molar-refractivity contribution < 1.29 is 0 Å². The molecule has 15 heavy (non-hydrogen) atoms. The zero-order valence-electron chi connectivity index (χ0n) is 9.42. The van der Waals surface area contributed by atoms with E-state index in [9.17, 15) is 0 Å². The number of benzene rings is 1. The predicted molar refractivity (Wildman–Crippen MR) is 65.1 cm³/mol. The molecule has 1 aliphatic carbocycles. The highest BCUT2D eigenvalue weighted by Gasteiger charge is 2.13. The van der Waals surface area contributed by atoms with Gasteiger partial charge in [0.15, 0.2) is 0 Å². The Bertz CT molecular complexity index is 286. The first kappa shape index (κ1) is 10.5. The zero-order valence-corrected chi connectivity index (χ0v) is 9.42. The second kappa shape index (κ2) is 5.17. The molecule has 0 aliphatic heterocycles. The summed E-state index contributed by atoms with van der Waals surface area (Å²) in [5, 5.41) is 6.75. The van der Waals surface area contributed by atoms with Crippen molar-refractivity contribution in [2.45, 2.75) is 38.3 Å². The van der Waals surface area contributed by atoms with Gasteiger partial charge >= 0.3 is 0 Å². The van der Waals surface area contributed by atoms with E-state index in [1.807, 2.05) is 7.05 Å². The summed E-state index contributed by atoms with van der Waals surface area (Å²) in [4.78, 5) is 0. The van der Waals surface area contributed by atoms with Crippen molar-refractivity contribution in [1.29, 1.82) is 0 Å². The average Bonchev–Trinajstić information content (AvgIpc) is 2.80. The maximum atomic E-state index is 3.61. The molecule has 1 saturated carbocycles. The first-order valence-electron chi connectivity index (χ1n) is 5.88. The van der Waals surface area contributed by atoms with E-state index in [0.29, 0.717) is 0 Å². The second-order valence-electron chi connectivity index (χ2n) is 4.31. The Balaban J connectivity index is 1.82. The summed E-state index contributed by atoms with van der Waals surface area (Å²) in [5.74, 6) is 0. The maximum Gasteiger partial charge on any atom is 0.0337 e. The summed E-state index contributed by atoms with van der Waals surface area (Å²) in [6.07, 6.45) is 5.51. The molecule has 1 aromatic carbocycles. The van der Waals surface area contributed by atoms with Crippen molar-refractivity contribution in [3.8, 4) is 0 Å². The van der Waals surface area contributed by atoms with Gasteiger partial charge in [0, 0.05) is 25.3 Å². The maximum absolute atomic E-state index is 3.61. The molecule has 0 unspecified atom stereocenters. The fraction of sp³-hybridized carbons (Fsp3) is 0.538. The lowest BCUT2D eigenvalue weighted by atomic mass is 10.2. The molecule has 2 rings (SSSR count). The SMILES string of the molecule is CNc1ccc(CNC2CCCC2)cc1. The van der Waals surface area contributed by atoms with Gasteiger partial charge < -0.3 is 10.6 Å². The molecule has 1 fully saturated rings. The van der Waals surface area contributed by atoms with E-state index in [1.54, 1.807) is 0 Å². The highest BCUT2D eigenvalue weighted by molar-refractivity contribution is 5.43. The molecule has 0 amide bonds. The van der Waals surface area contributed by atoms with Gasteiger partial charge in [-0.05, 0) is 30.5 Å². The third-order valence-corrected chi connectivity index (χ3v) is 3.19. The number of hydrogen-bond donors (Lipinski definition) is 2. The van der Waals surface area contributed by atoms with Crippen LogP contribution in [0.4, 0.5) is 5.69 Å². The minimum atomic E-state index is 0.758. The van der Waals surface area contributed by atoms with Crippen LogP contribution in [-0.2, 0) is 6.54 Å². The molecule has 82 valence electrons. The van der Waals surface area contributed by atoms with Crippen LogP contribution in [0.5, 0.6) is 0 Å². The number of hydrogen-bond acceptors (Lipinski definition) is 2. The molecule has 1 aromatic rings. The van der Waals surface area contributed by atoms with Crippen LogP contribution in [0.25, 0.3) is 0 Å². The monoisotopic (exact) mass is 204 g/mol. The van der Waals surface area contributed by atoms with Crippen molar-refractivity contribution in [2.75, 3.05) is 12.4 Å². The van der Waals surface area contributed by atoms with Gasteiger partial charge in [-0.2, -0.15) is 0 Å². The van der Waals surface area contributed by atoms with E-state index in [2.05, 4.69) is 34.9 Å². The van der Waals surface area contributed by atoms with E-state index >= 15 is 0 Å². The molecular formula is C13H20N2. The van der Waals surface area contributed by atoms with Gasteiger partial charge in [-0.1, -0.05) is 25.0 Å². The lowest BCUT2D eigenvalue weighted by molar-refractivity contribution is 0.524. The fourth-order valence-corrected chi connectivity index (χ4v) is 2.18. The molecule has 0 aromatic heterocycles. The summed E-state index contributed by atoms with van der Waals surface area (Å²) in [5.41, 5.74) is 2.56. The Labute approximate surface area is 92.1 Å². The molecule has 0 heterocycles. The fourth-order valence-electron chi connectivity index (χ4n) is 2.18. The molecular weight excluding hydrogens is 184 g/mol. The van der Waals surface area contributed by atoms with Gasteiger partial charge in [0.05, 0.1) is 0 Å². The largest absolute Gasteiger partial charge is 0.388 e. The molecule has 0 spiro atoms. The van der Waals surface area contributed by atoms with Crippen LogP contribution in [0, 0.1) is 0 Å². The van der Waals surface area contributed by atoms with Crippen LogP contribution in [0.1, 0.15) is 31.2 Å². The lowest BCUT2D eigenvalue weighted by Gasteiger charge is -2.11. The van der Waals surface area contributed by atoms with Gasteiger partial charge in [-0.25, -0.2) is 0 Å². The molecule has 0 saturated heterocycles. The standard InChI is InChI=1S/C13H20N2/c1-14-12-8-6-11(7-9-12)10-15-13-4-2-3-5-13/h6-9,13-15H,2-5,10H2,1H3. The summed E-state index contributed by atoms with van der Waals surface area (Å²) in [7, 11) is 1.95. The van der Waals surface area contributed by atoms with Crippen LogP contribution in [0.2, 0.25) is 0 Å². The summed E-state index contributed by atoms with van der Waals surface area (Å²) < 4.78 is 0. The van der Waals surface area contributed by atoms with Crippen molar-refractivity contribution >= 4 is 5.69 Å². The molecule has 0 bridgehead atoms. The molecule has 2 nitrogen and oxygen atoms in total. The summed E-state index contributed by atoms with van der Waals surface area (Å²) in [6, 6.07) is 9.40. The van der Waals surface area contributed by atoms with Gasteiger partial charge in [0.1, 0.15) is 0 Å². The number of rotatable bonds is 4. The van der Waals surface area contributed by atoms with Crippen molar-refractivity contribution in [3.05, 3.63) is 29.8 Å². The van der Waals surface area contributed by atoms with Gasteiger partial charge in [0.25, 0.3) is 0 Å². The topological polar surface area (TPSA) is 24.1 Å². The molecule has 0 radical (unpaired) electrons. The van der Waals surface area contributed by atoms with Gasteiger partial charge in [-0.15, -0.1) is 0 Å². The van der Waals surface area contributed by atoms with Crippen molar-refractivity contribution in [2.24, 2.45) is 0 Å². The minimum absolute atomic E-state index is 0.758. The van der Waals surface area contributed by atoms with E-state index in [4.69, 9.17) is 0 Å². The average molecular weight is 204 g/mol. The van der Waals surface area contributed by atoms with Gasteiger partial charge in [0.2, 0.25) is 0 Å². The van der Waals surface area contributed by atoms with E-state index in [-0.39, 0.29) is 0 Å². The van der Waals surface area contributed by atoms with E-state index < -0.39 is 0 Å². The first-order valence-corrected chi connectivity index (χ1v) is 5.88. The van der Waals surface area contributed by atoms with Crippen molar-refractivity contribution in [3.63, 3.8) is 0 Å². The van der Waals surface area contributed by atoms with E-state index in [1.165, 1.54) is 36.9 Å². The quantitative estimate of drug-likeness (QED) is 0.788. The predicted octanol–water partition coefficient (Wildman–Crippen LogP) is 2.76. The molecule has 0 atom stereocenters. The third-order valence-electron chi connectivity index (χ3n) is 3.19. The Morgan fingerprint density at radius 1 is 1.13 bits per heavy atom. The zero-order chi connectivity index (χ0) is 10.5. The van der Waals surface area contributed by atoms with Crippen LogP contribution < -0.4 is 10.6 Å². The highest BCUT2D eigenvalue weighted by atomic mass is 14.9. The van der Waals surface area contributed by atoms with Gasteiger partial charge in [-0.3, -0.25) is 0 Å². The summed E-state index contributed by atoms with van der Waals surface area (Å²) >= 11 is 0.